The van der Waals surface area contributed by atoms with Gasteiger partial charge in [0.15, 0.2) is 0 Å². The maximum absolute atomic E-state index is 10.8. The standard InChI is InChI=1S/C10H16O2/c1-5-6(2)7-8(9(11)12)10(7,3)4/h5,7-8H,1-4H3,(H,11,12)/b6-5-. The van der Waals surface area contributed by atoms with Crippen LogP contribution in [-0.4, -0.2) is 11.1 Å². The second kappa shape index (κ2) is 2.61. The number of hydrogen-bond donors (Lipinski definition) is 1. The summed E-state index contributed by atoms with van der Waals surface area (Å²) in [6, 6.07) is 0. The zero-order chi connectivity index (χ0) is 9.52. The molecule has 0 aromatic rings. The highest BCUT2D eigenvalue weighted by atomic mass is 16.4. The molecule has 0 aromatic heterocycles. The molecule has 0 spiro atoms. The monoisotopic (exact) mass is 168 g/mol. The van der Waals surface area contributed by atoms with Crippen molar-refractivity contribution in [1.82, 2.24) is 0 Å². The number of aliphatic carboxylic acids is 1. The Kier molecular flexibility index (Phi) is 2.02. The van der Waals surface area contributed by atoms with Crippen molar-refractivity contribution >= 4 is 5.97 Å². The Morgan fingerprint density at radius 2 is 1.92 bits per heavy atom. The van der Waals surface area contributed by atoms with E-state index in [2.05, 4.69) is 0 Å². The zero-order valence-electron chi connectivity index (χ0n) is 8.09. The van der Waals surface area contributed by atoms with E-state index in [0.29, 0.717) is 0 Å². The first-order valence-corrected chi connectivity index (χ1v) is 4.28. The van der Waals surface area contributed by atoms with E-state index in [1.165, 1.54) is 5.57 Å². The number of rotatable bonds is 2. The van der Waals surface area contributed by atoms with Crippen LogP contribution in [0.5, 0.6) is 0 Å². The molecular formula is C10H16O2. The van der Waals surface area contributed by atoms with E-state index in [4.69, 9.17) is 5.11 Å². The highest BCUT2D eigenvalue weighted by molar-refractivity contribution is 5.76. The van der Waals surface area contributed by atoms with Gasteiger partial charge in [0.25, 0.3) is 0 Å². The van der Waals surface area contributed by atoms with Crippen LogP contribution in [0.3, 0.4) is 0 Å². The predicted molar refractivity (Wildman–Crippen MR) is 47.8 cm³/mol. The van der Waals surface area contributed by atoms with Crippen LogP contribution in [0.25, 0.3) is 0 Å². The van der Waals surface area contributed by atoms with Crippen LogP contribution in [0, 0.1) is 17.3 Å². The van der Waals surface area contributed by atoms with Gasteiger partial charge in [0, 0.05) is 0 Å². The van der Waals surface area contributed by atoms with Gasteiger partial charge in [0.05, 0.1) is 5.92 Å². The zero-order valence-corrected chi connectivity index (χ0v) is 8.09. The summed E-state index contributed by atoms with van der Waals surface area (Å²) in [6.07, 6.45) is 2.01. The molecule has 1 saturated carbocycles. The molecule has 1 aliphatic rings. The lowest BCUT2D eigenvalue weighted by atomic mass is 10.0. The molecule has 0 saturated heterocycles. The average molecular weight is 168 g/mol. The van der Waals surface area contributed by atoms with Crippen molar-refractivity contribution in [2.24, 2.45) is 17.3 Å². The maximum atomic E-state index is 10.8. The second-order valence-corrected chi connectivity index (χ2v) is 4.15. The third-order valence-corrected chi connectivity index (χ3v) is 3.04. The first-order chi connectivity index (χ1) is 5.42. The van der Waals surface area contributed by atoms with Gasteiger partial charge in [-0.3, -0.25) is 4.79 Å². The van der Waals surface area contributed by atoms with E-state index in [1.807, 2.05) is 33.8 Å². The summed E-state index contributed by atoms with van der Waals surface area (Å²) in [6.45, 7) is 8.00. The molecule has 2 unspecified atom stereocenters. The first kappa shape index (κ1) is 9.30. The topological polar surface area (TPSA) is 37.3 Å². The van der Waals surface area contributed by atoms with Crippen molar-refractivity contribution in [2.75, 3.05) is 0 Å². The van der Waals surface area contributed by atoms with Gasteiger partial charge >= 0.3 is 5.97 Å². The quantitative estimate of drug-likeness (QED) is 0.642. The average Bonchev–Trinajstić information content (AvgIpc) is 2.52. The van der Waals surface area contributed by atoms with Crippen molar-refractivity contribution in [1.29, 1.82) is 0 Å². The summed E-state index contributed by atoms with van der Waals surface area (Å²) in [7, 11) is 0. The van der Waals surface area contributed by atoms with Gasteiger partial charge in [-0.15, -0.1) is 0 Å². The fraction of sp³-hybridized carbons (Fsp3) is 0.700. The number of carbonyl (C=O) groups is 1. The molecule has 2 atom stereocenters. The Hall–Kier alpha value is -0.790. The highest BCUT2D eigenvalue weighted by Crippen LogP contribution is 2.61. The molecule has 1 N–H and O–H groups in total. The van der Waals surface area contributed by atoms with Crippen LogP contribution in [0.2, 0.25) is 0 Å². The molecule has 2 nitrogen and oxygen atoms in total. The van der Waals surface area contributed by atoms with Crippen LogP contribution >= 0.6 is 0 Å². The maximum Gasteiger partial charge on any atom is 0.307 e. The van der Waals surface area contributed by atoms with Crippen LogP contribution in [0.4, 0.5) is 0 Å². The molecule has 12 heavy (non-hydrogen) atoms. The van der Waals surface area contributed by atoms with Crippen LogP contribution in [0.1, 0.15) is 27.7 Å². The van der Waals surface area contributed by atoms with Gasteiger partial charge < -0.3 is 5.11 Å². The number of carboxylic acid groups (broad SMARTS) is 1. The molecule has 0 aliphatic heterocycles. The Labute approximate surface area is 73.3 Å². The largest absolute Gasteiger partial charge is 0.481 e. The molecule has 1 rings (SSSR count). The van der Waals surface area contributed by atoms with Crippen LogP contribution < -0.4 is 0 Å². The van der Waals surface area contributed by atoms with Crippen molar-refractivity contribution in [3.05, 3.63) is 11.6 Å². The van der Waals surface area contributed by atoms with Crippen molar-refractivity contribution in [3.8, 4) is 0 Å². The van der Waals surface area contributed by atoms with E-state index >= 15 is 0 Å². The Bertz CT molecular complexity index is 238. The smallest absolute Gasteiger partial charge is 0.307 e. The third kappa shape index (κ3) is 1.15. The Morgan fingerprint density at radius 1 is 1.42 bits per heavy atom. The molecule has 2 heteroatoms. The summed E-state index contributed by atoms with van der Waals surface area (Å²) in [5.41, 5.74) is 1.16. The molecule has 0 aromatic carbocycles. The molecule has 68 valence electrons. The van der Waals surface area contributed by atoms with Gasteiger partial charge in [-0.05, 0) is 25.2 Å². The molecule has 0 heterocycles. The third-order valence-electron chi connectivity index (χ3n) is 3.04. The Morgan fingerprint density at radius 3 is 2.17 bits per heavy atom. The van der Waals surface area contributed by atoms with E-state index < -0.39 is 5.97 Å². The fourth-order valence-corrected chi connectivity index (χ4v) is 2.13. The van der Waals surface area contributed by atoms with Gasteiger partial charge in [-0.2, -0.15) is 0 Å². The van der Waals surface area contributed by atoms with Crippen molar-refractivity contribution in [3.63, 3.8) is 0 Å². The molecule has 0 radical (unpaired) electrons. The summed E-state index contributed by atoms with van der Waals surface area (Å²) in [4.78, 5) is 10.8. The Balaban J connectivity index is 2.80. The summed E-state index contributed by atoms with van der Waals surface area (Å²) in [5, 5.41) is 8.88. The molecule has 0 amide bonds. The van der Waals surface area contributed by atoms with Gasteiger partial charge in [0.2, 0.25) is 0 Å². The van der Waals surface area contributed by atoms with Crippen LogP contribution in [-0.2, 0) is 4.79 Å². The van der Waals surface area contributed by atoms with Gasteiger partial charge in [0.1, 0.15) is 0 Å². The lowest BCUT2D eigenvalue weighted by Gasteiger charge is -2.00. The van der Waals surface area contributed by atoms with E-state index in [0.717, 1.165) is 0 Å². The summed E-state index contributed by atoms with van der Waals surface area (Å²) >= 11 is 0. The minimum Gasteiger partial charge on any atom is -0.481 e. The first-order valence-electron chi connectivity index (χ1n) is 4.28. The normalized spacial score (nSPS) is 33.2. The minimum absolute atomic E-state index is 0.0393. The summed E-state index contributed by atoms with van der Waals surface area (Å²) in [5.74, 6) is -0.583. The van der Waals surface area contributed by atoms with E-state index in [9.17, 15) is 4.79 Å². The number of carboxylic acids is 1. The minimum atomic E-state index is -0.661. The van der Waals surface area contributed by atoms with Crippen molar-refractivity contribution < 1.29 is 9.90 Å². The molecule has 0 bridgehead atoms. The highest BCUT2D eigenvalue weighted by Gasteiger charge is 2.62. The number of allylic oxidation sites excluding steroid dienone is 2. The second-order valence-electron chi connectivity index (χ2n) is 4.15. The SMILES string of the molecule is C/C=C(/C)C1C(C(=O)O)C1(C)C. The molecule has 1 fully saturated rings. The fourth-order valence-electron chi connectivity index (χ4n) is 2.13. The van der Waals surface area contributed by atoms with Crippen LogP contribution in [0.15, 0.2) is 11.6 Å². The van der Waals surface area contributed by atoms with E-state index in [1.54, 1.807) is 0 Å². The van der Waals surface area contributed by atoms with Gasteiger partial charge in [-0.25, -0.2) is 0 Å². The predicted octanol–water partition coefficient (Wildman–Crippen LogP) is 2.31. The summed E-state index contributed by atoms with van der Waals surface area (Å²) < 4.78 is 0. The van der Waals surface area contributed by atoms with E-state index in [-0.39, 0.29) is 17.3 Å². The van der Waals surface area contributed by atoms with Gasteiger partial charge in [-0.1, -0.05) is 25.5 Å². The molecule has 1 aliphatic carbocycles. The lowest BCUT2D eigenvalue weighted by Crippen LogP contribution is -2.03. The van der Waals surface area contributed by atoms with Crippen molar-refractivity contribution in [2.45, 2.75) is 27.7 Å². The molecular weight excluding hydrogens is 152 g/mol. The number of hydrogen-bond acceptors (Lipinski definition) is 1. The lowest BCUT2D eigenvalue weighted by molar-refractivity contribution is -0.139.